The molecule has 1 atom stereocenters. The van der Waals surface area contributed by atoms with Gasteiger partial charge >= 0.3 is 12.3 Å². The summed E-state index contributed by atoms with van der Waals surface area (Å²) in [4.78, 5) is 25.3. The molecule has 1 unspecified atom stereocenters. The highest BCUT2D eigenvalue weighted by Crippen LogP contribution is 2.33. The topological polar surface area (TPSA) is 99.7 Å². The van der Waals surface area contributed by atoms with Crippen LogP contribution in [0.4, 0.5) is 23.7 Å². The monoisotopic (exact) mass is 442 g/mol. The van der Waals surface area contributed by atoms with Crippen LogP contribution in [0.2, 0.25) is 0 Å². The summed E-state index contributed by atoms with van der Waals surface area (Å²) >= 11 is 0. The number of halogens is 3. The molecule has 172 valence electrons. The van der Waals surface area contributed by atoms with Gasteiger partial charge in [0.2, 0.25) is 5.91 Å². The first-order valence-corrected chi connectivity index (χ1v) is 9.78. The largest absolute Gasteiger partial charge is 0.444 e. The first-order chi connectivity index (χ1) is 14.2. The molecule has 10 heteroatoms. The van der Waals surface area contributed by atoms with Gasteiger partial charge in [-0.25, -0.2) is 4.79 Å². The van der Waals surface area contributed by atoms with Gasteiger partial charge in [0.1, 0.15) is 17.7 Å². The molecule has 2 amide bonds. The van der Waals surface area contributed by atoms with Crippen molar-refractivity contribution < 1.29 is 27.5 Å². The van der Waals surface area contributed by atoms with Crippen LogP contribution in [-0.4, -0.2) is 48.7 Å². The van der Waals surface area contributed by atoms with Gasteiger partial charge in [-0.3, -0.25) is 9.69 Å². The number of likely N-dealkylation sites (N-methyl/N-ethyl adjacent to an activating group) is 1. The van der Waals surface area contributed by atoms with E-state index in [1.165, 1.54) is 18.0 Å². The van der Waals surface area contributed by atoms with Crippen LogP contribution in [0.1, 0.15) is 51.7 Å². The maximum Gasteiger partial charge on any atom is 0.416 e. The summed E-state index contributed by atoms with van der Waals surface area (Å²) in [5.74, 6) is -0.557. The molecule has 1 aliphatic heterocycles. The smallest absolute Gasteiger partial charge is 0.416 e. The summed E-state index contributed by atoms with van der Waals surface area (Å²) in [6.45, 7) is 8.43. The average Bonchev–Trinajstić information content (AvgIpc) is 3.19. The van der Waals surface area contributed by atoms with Crippen LogP contribution in [0.15, 0.2) is 18.2 Å². The lowest BCUT2D eigenvalue weighted by atomic mass is 10.1. The van der Waals surface area contributed by atoms with Crippen molar-refractivity contribution in [2.24, 2.45) is 5.73 Å². The van der Waals surface area contributed by atoms with Gasteiger partial charge in [-0.15, -0.1) is 0 Å². The van der Waals surface area contributed by atoms with Crippen molar-refractivity contribution in [3.05, 3.63) is 29.3 Å². The van der Waals surface area contributed by atoms with Crippen molar-refractivity contribution in [3.63, 3.8) is 0 Å². The van der Waals surface area contributed by atoms with Crippen molar-refractivity contribution in [3.8, 4) is 6.07 Å². The van der Waals surface area contributed by atoms with E-state index in [1.54, 1.807) is 27.7 Å². The number of hydrogen-bond acceptors (Lipinski definition) is 5. The SMILES string of the molecule is CC(C(N)=O)N(C)C(=O)OC(C)(C)C.N#Cc1cc(C(F)(F)F)ccc1N1CCCC1. The van der Waals surface area contributed by atoms with E-state index in [0.717, 1.165) is 38.1 Å². The molecule has 0 aliphatic carbocycles. The van der Waals surface area contributed by atoms with Crippen LogP contribution >= 0.6 is 0 Å². The van der Waals surface area contributed by atoms with E-state index in [-0.39, 0.29) is 5.56 Å². The molecular weight excluding hydrogens is 413 g/mol. The average molecular weight is 442 g/mol. The maximum atomic E-state index is 12.5. The molecule has 1 heterocycles. The normalized spacial score (nSPS) is 14.7. The molecule has 1 aromatic carbocycles. The van der Waals surface area contributed by atoms with E-state index in [4.69, 9.17) is 15.7 Å². The van der Waals surface area contributed by atoms with Gasteiger partial charge < -0.3 is 15.4 Å². The second-order valence-corrected chi connectivity index (χ2v) is 8.21. The highest BCUT2D eigenvalue weighted by atomic mass is 19.4. The summed E-state index contributed by atoms with van der Waals surface area (Å²) in [5.41, 5.74) is 4.42. The molecule has 1 fully saturated rings. The standard InChI is InChI=1S/C12H11F3N2.C9H18N2O3/c13-12(14,15)10-3-4-11(9(7-10)8-16)17-5-1-2-6-17;1-6(7(10)12)11(5)8(13)14-9(2,3)4/h3-4,7H,1-2,5-6H2;6H,1-5H3,(H2,10,12). The second kappa shape index (κ2) is 10.4. The minimum atomic E-state index is -4.39. The van der Waals surface area contributed by atoms with Crippen LogP contribution in [0.3, 0.4) is 0 Å². The lowest BCUT2D eigenvalue weighted by Crippen LogP contribution is -2.45. The quantitative estimate of drug-likeness (QED) is 0.765. The Labute approximate surface area is 180 Å². The van der Waals surface area contributed by atoms with E-state index in [9.17, 15) is 22.8 Å². The minimum Gasteiger partial charge on any atom is -0.444 e. The lowest BCUT2D eigenvalue weighted by Gasteiger charge is -2.27. The minimum absolute atomic E-state index is 0.0988. The van der Waals surface area contributed by atoms with Gasteiger partial charge in [0.25, 0.3) is 0 Å². The van der Waals surface area contributed by atoms with Crippen LogP contribution in [0.5, 0.6) is 0 Å². The van der Waals surface area contributed by atoms with E-state index >= 15 is 0 Å². The predicted molar refractivity (Wildman–Crippen MR) is 110 cm³/mol. The van der Waals surface area contributed by atoms with E-state index < -0.39 is 35.4 Å². The number of nitrogens with zero attached hydrogens (tertiary/aromatic N) is 3. The lowest BCUT2D eigenvalue weighted by molar-refractivity contribution is -0.137. The highest BCUT2D eigenvalue weighted by Gasteiger charge is 2.31. The molecule has 0 radical (unpaired) electrons. The molecule has 1 aliphatic rings. The molecular formula is C21H29F3N4O3. The van der Waals surface area contributed by atoms with Crippen molar-refractivity contribution >= 4 is 17.7 Å². The molecule has 1 aromatic rings. The van der Waals surface area contributed by atoms with E-state index in [1.807, 2.05) is 11.0 Å². The number of carbonyl (C=O) groups excluding carboxylic acids is 2. The molecule has 31 heavy (non-hydrogen) atoms. The molecule has 0 saturated carbocycles. The Hall–Kier alpha value is -2.96. The number of hydrogen-bond donors (Lipinski definition) is 1. The molecule has 0 bridgehead atoms. The Kier molecular flexibility index (Phi) is 8.73. The summed E-state index contributed by atoms with van der Waals surface area (Å²) in [6.07, 6.45) is -2.91. The number of carbonyl (C=O) groups is 2. The number of alkyl halides is 3. The Balaban J connectivity index is 0.000000318. The van der Waals surface area contributed by atoms with Gasteiger partial charge in [0.05, 0.1) is 16.8 Å². The highest BCUT2D eigenvalue weighted by molar-refractivity contribution is 5.83. The van der Waals surface area contributed by atoms with Crippen LogP contribution in [-0.2, 0) is 15.7 Å². The Morgan fingerprint density at radius 3 is 2.19 bits per heavy atom. The number of benzene rings is 1. The fraction of sp³-hybridized carbons (Fsp3) is 0.571. The summed E-state index contributed by atoms with van der Waals surface area (Å²) in [5, 5.41) is 8.92. The Bertz CT molecular complexity index is 823. The molecule has 2 rings (SSSR count). The fourth-order valence-corrected chi connectivity index (χ4v) is 2.72. The van der Waals surface area contributed by atoms with Gasteiger partial charge in [0, 0.05) is 20.1 Å². The predicted octanol–water partition coefficient (Wildman–Crippen LogP) is 3.90. The van der Waals surface area contributed by atoms with Crippen molar-refractivity contribution in [2.75, 3.05) is 25.0 Å². The van der Waals surface area contributed by atoms with Crippen LogP contribution < -0.4 is 10.6 Å². The third kappa shape index (κ3) is 8.00. The molecule has 2 N–H and O–H groups in total. The molecule has 0 spiro atoms. The Morgan fingerprint density at radius 1 is 1.23 bits per heavy atom. The zero-order chi connectivity index (χ0) is 24.0. The van der Waals surface area contributed by atoms with Crippen molar-refractivity contribution in [1.82, 2.24) is 4.90 Å². The summed E-state index contributed by atoms with van der Waals surface area (Å²) in [6, 6.07) is 4.54. The Morgan fingerprint density at radius 2 is 1.77 bits per heavy atom. The van der Waals surface area contributed by atoms with Crippen LogP contribution in [0.25, 0.3) is 0 Å². The van der Waals surface area contributed by atoms with Crippen LogP contribution in [0, 0.1) is 11.3 Å². The number of anilines is 1. The van der Waals surface area contributed by atoms with Gasteiger partial charge in [-0.2, -0.15) is 18.4 Å². The third-order valence-corrected chi connectivity index (χ3v) is 4.57. The number of primary amides is 1. The summed E-state index contributed by atoms with van der Waals surface area (Å²) < 4.78 is 42.5. The maximum absolute atomic E-state index is 12.5. The molecule has 7 nitrogen and oxygen atoms in total. The first kappa shape index (κ1) is 26.1. The molecule has 1 saturated heterocycles. The fourth-order valence-electron chi connectivity index (χ4n) is 2.72. The summed E-state index contributed by atoms with van der Waals surface area (Å²) in [7, 11) is 1.48. The number of rotatable bonds is 3. The number of nitriles is 1. The number of amides is 2. The third-order valence-electron chi connectivity index (χ3n) is 4.57. The van der Waals surface area contributed by atoms with Crippen molar-refractivity contribution in [2.45, 2.75) is 58.4 Å². The first-order valence-electron chi connectivity index (χ1n) is 9.78. The number of ether oxygens (including phenoxy) is 1. The van der Waals surface area contributed by atoms with Gasteiger partial charge in [-0.05, 0) is 58.7 Å². The van der Waals surface area contributed by atoms with Crippen molar-refractivity contribution in [1.29, 1.82) is 5.26 Å². The molecule has 0 aromatic heterocycles. The second-order valence-electron chi connectivity index (χ2n) is 8.21. The van der Waals surface area contributed by atoms with Gasteiger partial charge in [-0.1, -0.05) is 0 Å². The zero-order valence-electron chi connectivity index (χ0n) is 18.4. The van der Waals surface area contributed by atoms with E-state index in [0.29, 0.717) is 5.69 Å². The zero-order valence-corrected chi connectivity index (χ0v) is 18.4. The van der Waals surface area contributed by atoms with E-state index in [2.05, 4.69) is 0 Å². The van der Waals surface area contributed by atoms with Gasteiger partial charge in [0.15, 0.2) is 0 Å². The number of nitrogens with two attached hydrogens (primary N) is 1.